The molecule has 0 heterocycles. The molecule has 1 rings (SSSR count). The third-order valence-corrected chi connectivity index (χ3v) is 2.50. The van der Waals surface area contributed by atoms with Crippen molar-refractivity contribution in [1.82, 2.24) is 0 Å². The van der Waals surface area contributed by atoms with Gasteiger partial charge in [-0.2, -0.15) is 0 Å². The van der Waals surface area contributed by atoms with E-state index in [9.17, 15) is 9.59 Å². The Bertz CT molecular complexity index is 465. The molecule has 0 saturated carbocycles. The highest BCUT2D eigenvalue weighted by Gasteiger charge is 2.22. The van der Waals surface area contributed by atoms with Gasteiger partial charge in [-0.3, -0.25) is 4.79 Å². The fraction of sp³-hybridized carbons (Fsp3) is 0.385. The number of ketones is 1. The molecule has 5 nitrogen and oxygen atoms in total. The van der Waals surface area contributed by atoms with E-state index in [0.717, 1.165) is 0 Å². The number of carbonyl (C=O) groups is 2. The molecule has 0 aliphatic carbocycles. The number of hydrogen-bond acceptors (Lipinski definition) is 5. The Balaban J connectivity index is 3.19. The zero-order valence-electron chi connectivity index (χ0n) is 10.9. The highest BCUT2D eigenvalue weighted by atomic mass is 16.5. The normalized spacial score (nSPS) is 9.78. The first-order chi connectivity index (χ1) is 8.56. The van der Waals surface area contributed by atoms with Gasteiger partial charge in [0, 0.05) is 11.1 Å². The molecular weight excluding hydrogens is 236 g/mol. The molecular formula is C13H16O5. The number of benzene rings is 1. The van der Waals surface area contributed by atoms with Gasteiger partial charge < -0.3 is 14.2 Å². The molecule has 0 atom stereocenters. The molecule has 0 radical (unpaired) electrons. The van der Waals surface area contributed by atoms with Gasteiger partial charge in [0.15, 0.2) is 11.5 Å². The number of rotatable bonds is 5. The van der Waals surface area contributed by atoms with Crippen LogP contribution in [0.15, 0.2) is 12.1 Å². The van der Waals surface area contributed by atoms with Crippen LogP contribution >= 0.6 is 0 Å². The third kappa shape index (κ3) is 2.61. The number of carbonyl (C=O) groups excluding carboxylic acids is 2. The molecule has 0 fully saturated rings. The van der Waals surface area contributed by atoms with E-state index in [2.05, 4.69) is 4.74 Å². The SMILES string of the molecule is CCOC(=O)C(=O)c1ccc(OC)c(OC)c1C. The molecule has 0 bridgehead atoms. The second-order valence-electron chi connectivity index (χ2n) is 3.52. The maximum Gasteiger partial charge on any atom is 0.379 e. The van der Waals surface area contributed by atoms with Crippen LogP contribution in [0.25, 0.3) is 0 Å². The first-order valence-corrected chi connectivity index (χ1v) is 5.49. The standard InChI is InChI=1S/C13H16O5/c1-5-18-13(15)11(14)9-6-7-10(16-3)12(17-4)8(9)2/h6-7H,5H2,1-4H3. The van der Waals surface area contributed by atoms with Crippen molar-refractivity contribution < 1.29 is 23.8 Å². The van der Waals surface area contributed by atoms with Gasteiger partial charge in [0.25, 0.3) is 5.78 Å². The lowest BCUT2D eigenvalue weighted by Crippen LogP contribution is -2.18. The Morgan fingerprint density at radius 1 is 1.17 bits per heavy atom. The molecule has 0 saturated heterocycles. The second-order valence-corrected chi connectivity index (χ2v) is 3.52. The first-order valence-electron chi connectivity index (χ1n) is 5.49. The fourth-order valence-electron chi connectivity index (χ4n) is 1.63. The average Bonchev–Trinajstić information content (AvgIpc) is 2.37. The number of Topliss-reactive ketones (excluding diaryl/α,β-unsaturated/α-hetero) is 1. The van der Waals surface area contributed by atoms with E-state index in [1.54, 1.807) is 19.9 Å². The van der Waals surface area contributed by atoms with Crippen molar-refractivity contribution >= 4 is 11.8 Å². The van der Waals surface area contributed by atoms with Gasteiger partial charge >= 0.3 is 5.97 Å². The molecule has 0 aliphatic rings. The minimum absolute atomic E-state index is 0.164. The second kappa shape index (κ2) is 6.05. The number of hydrogen-bond donors (Lipinski definition) is 0. The van der Waals surface area contributed by atoms with Gasteiger partial charge in [0.2, 0.25) is 0 Å². The zero-order chi connectivity index (χ0) is 13.7. The monoisotopic (exact) mass is 252 g/mol. The first kappa shape index (κ1) is 14.0. The minimum atomic E-state index is -0.868. The van der Waals surface area contributed by atoms with E-state index < -0.39 is 11.8 Å². The predicted molar refractivity (Wildman–Crippen MR) is 65.2 cm³/mol. The molecule has 0 aliphatic heterocycles. The highest BCUT2D eigenvalue weighted by molar-refractivity contribution is 6.41. The molecule has 98 valence electrons. The molecule has 1 aromatic rings. The molecule has 1 aromatic carbocycles. The van der Waals surface area contributed by atoms with Crippen LogP contribution in [0, 0.1) is 6.92 Å². The van der Waals surface area contributed by atoms with Crippen LogP contribution in [0.5, 0.6) is 11.5 Å². The van der Waals surface area contributed by atoms with Crippen LogP contribution in [-0.4, -0.2) is 32.6 Å². The van der Waals surface area contributed by atoms with Crippen molar-refractivity contribution in [3.05, 3.63) is 23.3 Å². The summed E-state index contributed by atoms with van der Waals surface area (Å²) in [6, 6.07) is 3.11. The summed E-state index contributed by atoms with van der Waals surface area (Å²) in [5.74, 6) is -0.605. The van der Waals surface area contributed by atoms with Crippen molar-refractivity contribution in [2.24, 2.45) is 0 Å². The smallest absolute Gasteiger partial charge is 0.379 e. The van der Waals surface area contributed by atoms with E-state index in [-0.39, 0.29) is 12.2 Å². The molecule has 0 aromatic heterocycles. The van der Waals surface area contributed by atoms with Crippen LogP contribution in [0.1, 0.15) is 22.8 Å². The summed E-state index contributed by atoms with van der Waals surface area (Å²) in [6.07, 6.45) is 0. The van der Waals surface area contributed by atoms with Crippen LogP contribution in [-0.2, 0) is 9.53 Å². The van der Waals surface area contributed by atoms with Crippen LogP contribution in [0.2, 0.25) is 0 Å². The van der Waals surface area contributed by atoms with E-state index >= 15 is 0 Å². The largest absolute Gasteiger partial charge is 0.493 e. The van der Waals surface area contributed by atoms with Crippen molar-refractivity contribution in [3.63, 3.8) is 0 Å². The van der Waals surface area contributed by atoms with Crippen molar-refractivity contribution in [2.45, 2.75) is 13.8 Å². The fourth-order valence-corrected chi connectivity index (χ4v) is 1.63. The van der Waals surface area contributed by atoms with Crippen molar-refractivity contribution in [1.29, 1.82) is 0 Å². The summed E-state index contributed by atoms with van der Waals surface area (Å²) in [5, 5.41) is 0. The summed E-state index contributed by atoms with van der Waals surface area (Å²) >= 11 is 0. The summed E-state index contributed by atoms with van der Waals surface area (Å²) in [7, 11) is 2.98. The van der Waals surface area contributed by atoms with Gasteiger partial charge in [0.05, 0.1) is 20.8 Å². The Morgan fingerprint density at radius 2 is 1.83 bits per heavy atom. The van der Waals surface area contributed by atoms with Crippen LogP contribution < -0.4 is 9.47 Å². The topological polar surface area (TPSA) is 61.8 Å². The quantitative estimate of drug-likeness (QED) is 0.454. The Hall–Kier alpha value is -2.04. The van der Waals surface area contributed by atoms with Gasteiger partial charge in [-0.25, -0.2) is 4.79 Å². The zero-order valence-corrected chi connectivity index (χ0v) is 10.9. The summed E-state index contributed by atoms with van der Waals surface area (Å²) < 4.78 is 15.0. The molecule has 18 heavy (non-hydrogen) atoms. The lowest BCUT2D eigenvalue weighted by Gasteiger charge is -2.13. The molecule has 0 amide bonds. The Kier molecular flexibility index (Phi) is 4.71. The van der Waals surface area contributed by atoms with E-state index in [1.165, 1.54) is 20.3 Å². The Labute approximate surface area is 106 Å². The minimum Gasteiger partial charge on any atom is -0.493 e. The van der Waals surface area contributed by atoms with Crippen LogP contribution in [0.3, 0.4) is 0 Å². The van der Waals surface area contributed by atoms with Gasteiger partial charge in [0.1, 0.15) is 0 Å². The molecule has 5 heteroatoms. The van der Waals surface area contributed by atoms with Gasteiger partial charge in [-0.15, -0.1) is 0 Å². The van der Waals surface area contributed by atoms with Gasteiger partial charge in [-0.05, 0) is 26.0 Å². The van der Waals surface area contributed by atoms with E-state index in [0.29, 0.717) is 17.1 Å². The molecule has 0 spiro atoms. The van der Waals surface area contributed by atoms with Crippen molar-refractivity contribution in [3.8, 4) is 11.5 Å². The van der Waals surface area contributed by atoms with Crippen LogP contribution in [0.4, 0.5) is 0 Å². The predicted octanol–water partition coefficient (Wildman–Crippen LogP) is 1.76. The third-order valence-electron chi connectivity index (χ3n) is 2.50. The summed E-state index contributed by atoms with van der Waals surface area (Å²) in [4.78, 5) is 23.3. The number of esters is 1. The highest BCUT2D eigenvalue weighted by Crippen LogP contribution is 2.32. The van der Waals surface area contributed by atoms with Crippen molar-refractivity contribution in [2.75, 3.05) is 20.8 Å². The van der Waals surface area contributed by atoms with E-state index in [4.69, 9.17) is 9.47 Å². The van der Waals surface area contributed by atoms with E-state index in [1.807, 2.05) is 0 Å². The number of methoxy groups -OCH3 is 2. The lowest BCUT2D eigenvalue weighted by atomic mass is 10.0. The maximum absolute atomic E-state index is 11.9. The summed E-state index contributed by atoms with van der Waals surface area (Å²) in [6.45, 7) is 3.50. The number of ether oxygens (including phenoxy) is 3. The maximum atomic E-state index is 11.9. The lowest BCUT2D eigenvalue weighted by molar-refractivity contribution is -0.137. The molecule has 0 N–H and O–H groups in total. The summed E-state index contributed by atoms with van der Waals surface area (Å²) in [5.41, 5.74) is 0.806. The Morgan fingerprint density at radius 3 is 2.33 bits per heavy atom. The molecule has 0 unspecified atom stereocenters. The van der Waals surface area contributed by atoms with Gasteiger partial charge in [-0.1, -0.05) is 0 Å². The average molecular weight is 252 g/mol.